The lowest BCUT2D eigenvalue weighted by Crippen LogP contribution is -2.16. The number of para-hydroxylation sites is 1. The molecule has 0 aliphatic rings. The summed E-state index contributed by atoms with van der Waals surface area (Å²) in [5.74, 6) is 1.28. The van der Waals surface area contributed by atoms with Gasteiger partial charge in [0.2, 0.25) is 0 Å². The van der Waals surface area contributed by atoms with Crippen LogP contribution in [-0.2, 0) is 0 Å². The van der Waals surface area contributed by atoms with Crippen molar-refractivity contribution >= 4 is 0 Å². The Hall–Kier alpha value is -1.26. The number of aliphatic hydroxyl groups excluding tert-OH is 1. The van der Waals surface area contributed by atoms with Gasteiger partial charge in [-0.2, -0.15) is 0 Å². The molecule has 4 heteroatoms. The molecule has 0 radical (unpaired) electrons. The van der Waals surface area contributed by atoms with Crippen molar-refractivity contribution in [3.63, 3.8) is 0 Å². The van der Waals surface area contributed by atoms with Gasteiger partial charge in [0.15, 0.2) is 11.5 Å². The van der Waals surface area contributed by atoms with Crippen molar-refractivity contribution in [2.45, 2.75) is 19.4 Å². The zero-order chi connectivity index (χ0) is 12.0. The summed E-state index contributed by atoms with van der Waals surface area (Å²) in [6.45, 7) is 2.52. The van der Waals surface area contributed by atoms with Gasteiger partial charge in [0.25, 0.3) is 0 Å². The highest BCUT2D eigenvalue weighted by molar-refractivity contribution is 5.48. The van der Waals surface area contributed by atoms with E-state index >= 15 is 0 Å². The van der Waals surface area contributed by atoms with Crippen LogP contribution in [0.4, 0.5) is 0 Å². The molecule has 0 saturated heterocycles. The van der Waals surface area contributed by atoms with Crippen molar-refractivity contribution in [1.29, 1.82) is 0 Å². The Labute approximate surface area is 96.0 Å². The zero-order valence-electron chi connectivity index (χ0n) is 9.77. The molecule has 0 unspecified atom stereocenters. The highest BCUT2D eigenvalue weighted by atomic mass is 16.5. The molecule has 0 amide bonds. The maximum absolute atomic E-state index is 9.08. The van der Waals surface area contributed by atoms with Gasteiger partial charge in [0.05, 0.1) is 26.4 Å². The number of rotatable bonds is 6. The Morgan fingerprint density at radius 2 is 2.19 bits per heavy atom. The van der Waals surface area contributed by atoms with Gasteiger partial charge in [-0.25, -0.2) is 0 Å². The fraction of sp³-hybridized carbons (Fsp3) is 0.500. The molecule has 1 aromatic rings. The van der Waals surface area contributed by atoms with Gasteiger partial charge >= 0.3 is 0 Å². The topological polar surface area (TPSA) is 64.7 Å². The lowest BCUT2D eigenvalue weighted by molar-refractivity contribution is 0.255. The van der Waals surface area contributed by atoms with Crippen LogP contribution < -0.4 is 15.2 Å². The normalized spacial score (nSPS) is 12.2. The minimum atomic E-state index is -0.443. The quantitative estimate of drug-likeness (QED) is 0.769. The molecule has 4 nitrogen and oxygen atoms in total. The van der Waals surface area contributed by atoms with E-state index < -0.39 is 6.04 Å². The fourth-order valence-electron chi connectivity index (χ4n) is 1.44. The summed E-state index contributed by atoms with van der Waals surface area (Å²) in [4.78, 5) is 0. The molecule has 90 valence electrons. The monoisotopic (exact) mass is 225 g/mol. The molecule has 0 spiro atoms. The SMILES string of the molecule is CCCOc1c(OC)cccc1[C@@H](N)CO. The standard InChI is InChI=1S/C12H19NO3/c1-3-7-16-12-9(10(13)8-14)5-4-6-11(12)15-2/h4-6,10,14H,3,7-8,13H2,1-2H3/t10-/m0/s1. The summed E-state index contributed by atoms with van der Waals surface area (Å²) in [6, 6.07) is 5.05. The van der Waals surface area contributed by atoms with Crippen LogP contribution in [0.3, 0.4) is 0 Å². The molecule has 0 saturated carbocycles. The third-order valence-corrected chi connectivity index (χ3v) is 2.28. The smallest absolute Gasteiger partial charge is 0.165 e. The second-order valence-corrected chi connectivity index (χ2v) is 3.52. The molecule has 1 rings (SSSR count). The number of nitrogens with two attached hydrogens (primary N) is 1. The van der Waals surface area contributed by atoms with Crippen LogP contribution in [0, 0.1) is 0 Å². The number of hydrogen-bond acceptors (Lipinski definition) is 4. The van der Waals surface area contributed by atoms with Crippen LogP contribution in [0.1, 0.15) is 24.9 Å². The van der Waals surface area contributed by atoms with Crippen molar-refractivity contribution < 1.29 is 14.6 Å². The van der Waals surface area contributed by atoms with Crippen LogP contribution in [0.2, 0.25) is 0 Å². The summed E-state index contributed by atoms with van der Waals surface area (Å²) < 4.78 is 10.8. The summed E-state index contributed by atoms with van der Waals surface area (Å²) in [6.07, 6.45) is 0.909. The zero-order valence-corrected chi connectivity index (χ0v) is 9.77. The van der Waals surface area contributed by atoms with Crippen molar-refractivity contribution in [3.8, 4) is 11.5 Å². The lowest BCUT2D eigenvalue weighted by Gasteiger charge is -2.17. The number of aliphatic hydroxyl groups is 1. The molecular formula is C12H19NO3. The van der Waals surface area contributed by atoms with E-state index in [-0.39, 0.29) is 6.61 Å². The molecule has 3 N–H and O–H groups in total. The maximum Gasteiger partial charge on any atom is 0.165 e. The van der Waals surface area contributed by atoms with E-state index in [4.69, 9.17) is 20.3 Å². The first-order chi connectivity index (χ1) is 7.74. The van der Waals surface area contributed by atoms with E-state index in [0.717, 1.165) is 12.0 Å². The van der Waals surface area contributed by atoms with Crippen LogP contribution >= 0.6 is 0 Å². The van der Waals surface area contributed by atoms with E-state index in [1.54, 1.807) is 7.11 Å². The lowest BCUT2D eigenvalue weighted by atomic mass is 10.1. The Balaban J connectivity index is 3.04. The minimum absolute atomic E-state index is 0.115. The minimum Gasteiger partial charge on any atom is -0.493 e. The highest BCUT2D eigenvalue weighted by Crippen LogP contribution is 2.34. The molecule has 1 aromatic carbocycles. The van der Waals surface area contributed by atoms with Crippen molar-refractivity contribution in [3.05, 3.63) is 23.8 Å². The van der Waals surface area contributed by atoms with Crippen molar-refractivity contribution in [1.82, 2.24) is 0 Å². The number of methoxy groups -OCH3 is 1. The maximum atomic E-state index is 9.08. The molecule has 0 aliphatic heterocycles. The first-order valence-electron chi connectivity index (χ1n) is 5.40. The van der Waals surface area contributed by atoms with Crippen molar-refractivity contribution in [2.75, 3.05) is 20.3 Å². The van der Waals surface area contributed by atoms with E-state index in [0.29, 0.717) is 18.1 Å². The average Bonchev–Trinajstić information content (AvgIpc) is 2.34. The Bertz CT molecular complexity index is 328. The van der Waals surface area contributed by atoms with Crippen molar-refractivity contribution in [2.24, 2.45) is 5.73 Å². The molecule has 0 aromatic heterocycles. The second-order valence-electron chi connectivity index (χ2n) is 3.52. The summed E-state index contributed by atoms with van der Waals surface area (Å²) >= 11 is 0. The Kier molecular flexibility index (Phi) is 5.08. The largest absolute Gasteiger partial charge is 0.493 e. The molecule has 0 fully saturated rings. The molecule has 16 heavy (non-hydrogen) atoms. The Morgan fingerprint density at radius 3 is 2.75 bits per heavy atom. The van der Waals surface area contributed by atoms with Gasteiger partial charge in [-0.3, -0.25) is 0 Å². The van der Waals surface area contributed by atoms with Crippen LogP contribution in [-0.4, -0.2) is 25.4 Å². The van der Waals surface area contributed by atoms with Crippen LogP contribution in [0.25, 0.3) is 0 Å². The van der Waals surface area contributed by atoms with Gasteiger partial charge in [-0.05, 0) is 12.5 Å². The summed E-state index contributed by atoms with van der Waals surface area (Å²) in [5, 5.41) is 9.08. The van der Waals surface area contributed by atoms with Gasteiger partial charge in [0, 0.05) is 5.56 Å². The highest BCUT2D eigenvalue weighted by Gasteiger charge is 2.15. The van der Waals surface area contributed by atoms with Gasteiger partial charge in [0.1, 0.15) is 0 Å². The first kappa shape index (κ1) is 12.8. The summed E-state index contributed by atoms with van der Waals surface area (Å²) in [5.41, 5.74) is 6.58. The Morgan fingerprint density at radius 1 is 1.44 bits per heavy atom. The molecule has 0 aliphatic carbocycles. The molecular weight excluding hydrogens is 206 g/mol. The predicted molar refractivity (Wildman–Crippen MR) is 62.8 cm³/mol. The third-order valence-electron chi connectivity index (χ3n) is 2.28. The average molecular weight is 225 g/mol. The van der Waals surface area contributed by atoms with Gasteiger partial charge < -0.3 is 20.3 Å². The second kappa shape index (κ2) is 6.35. The number of hydrogen-bond donors (Lipinski definition) is 2. The summed E-state index contributed by atoms with van der Waals surface area (Å²) in [7, 11) is 1.59. The third kappa shape index (κ3) is 2.87. The molecule has 1 atom stereocenters. The number of ether oxygens (including phenoxy) is 2. The number of benzene rings is 1. The molecule has 0 heterocycles. The molecule has 0 bridgehead atoms. The van der Waals surface area contributed by atoms with E-state index in [9.17, 15) is 0 Å². The van der Waals surface area contributed by atoms with E-state index in [1.807, 2.05) is 25.1 Å². The van der Waals surface area contributed by atoms with Gasteiger partial charge in [-0.15, -0.1) is 0 Å². The predicted octanol–water partition coefficient (Wildman–Crippen LogP) is 1.48. The first-order valence-corrected chi connectivity index (χ1v) is 5.40. The van der Waals surface area contributed by atoms with Crippen LogP contribution in [0.5, 0.6) is 11.5 Å². The van der Waals surface area contributed by atoms with E-state index in [2.05, 4.69) is 0 Å². The van der Waals surface area contributed by atoms with E-state index in [1.165, 1.54) is 0 Å². The van der Waals surface area contributed by atoms with Gasteiger partial charge in [-0.1, -0.05) is 19.1 Å². The fourth-order valence-corrected chi connectivity index (χ4v) is 1.44. The van der Waals surface area contributed by atoms with Crippen LogP contribution in [0.15, 0.2) is 18.2 Å².